The molecule has 0 heterocycles. The SMILES string of the molecule is Cc1ccc(S(=O)(=O)OCC(CCOc2ccccc2)COS(=O)(=O)c2ccc(C)cc2)cc1. The summed E-state index contributed by atoms with van der Waals surface area (Å²) in [4.78, 5) is 0.0659. The molecule has 0 unspecified atom stereocenters. The summed E-state index contributed by atoms with van der Waals surface area (Å²) in [7, 11) is -8.01. The Morgan fingerprint density at radius 3 is 1.53 bits per heavy atom. The Labute approximate surface area is 201 Å². The Hall–Kier alpha value is -2.72. The molecule has 7 nitrogen and oxygen atoms in total. The molecule has 182 valence electrons. The number of para-hydroxylation sites is 1. The van der Waals surface area contributed by atoms with E-state index in [1.54, 1.807) is 36.4 Å². The van der Waals surface area contributed by atoms with Crippen molar-refractivity contribution in [2.75, 3.05) is 19.8 Å². The van der Waals surface area contributed by atoms with Crippen molar-refractivity contribution in [3.05, 3.63) is 90.0 Å². The average Bonchev–Trinajstić information content (AvgIpc) is 2.82. The minimum atomic E-state index is -4.01. The maximum atomic E-state index is 12.6. The lowest BCUT2D eigenvalue weighted by Crippen LogP contribution is -2.23. The van der Waals surface area contributed by atoms with E-state index in [-0.39, 0.29) is 29.6 Å². The first-order valence-electron chi connectivity index (χ1n) is 10.8. The number of ether oxygens (including phenoxy) is 1. The van der Waals surface area contributed by atoms with Crippen LogP contribution >= 0.6 is 0 Å². The van der Waals surface area contributed by atoms with Crippen molar-refractivity contribution < 1.29 is 29.9 Å². The first-order valence-corrected chi connectivity index (χ1v) is 13.6. The minimum absolute atomic E-state index is 0.0329. The van der Waals surface area contributed by atoms with E-state index < -0.39 is 26.2 Å². The van der Waals surface area contributed by atoms with Crippen molar-refractivity contribution in [2.24, 2.45) is 5.92 Å². The first-order chi connectivity index (χ1) is 16.2. The van der Waals surface area contributed by atoms with Crippen LogP contribution in [0.15, 0.2) is 88.7 Å². The van der Waals surface area contributed by atoms with Gasteiger partial charge in [-0.15, -0.1) is 0 Å². The number of rotatable bonds is 12. The molecule has 0 saturated carbocycles. The lowest BCUT2D eigenvalue weighted by Gasteiger charge is -2.18. The van der Waals surface area contributed by atoms with E-state index >= 15 is 0 Å². The second-order valence-electron chi connectivity index (χ2n) is 7.92. The maximum Gasteiger partial charge on any atom is 0.296 e. The van der Waals surface area contributed by atoms with E-state index in [1.165, 1.54) is 24.3 Å². The number of benzene rings is 3. The number of hydrogen-bond donors (Lipinski definition) is 0. The zero-order valence-corrected chi connectivity index (χ0v) is 20.7. The van der Waals surface area contributed by atoms with E-state index in [9.17, 15) is 16.8 Å². The fourth-order valence-electron chi connectivity index (χ4n) is 2.99. The molecule has 3 aromatic rings. The summed E-state index contributed by atoms with van der Waals surface area (Å²) in [5.74, 6) is 0.104. The van der Waals surface area contributed by atoms with Crippen LogP contribution in [0, 0.1) is 19.8 Å². The average molecular weight is 505 g/mol. The fourth-order valence-corrected chi connectivity index (χ4v) is 4.95. The second kappa shape index (κ2) is 11.6. The van der Waals surface area contributed by atoms with Gasteiger partial charge in [0.1, 0.15) is 5.75 Å². The molecule has 0 amide bonds. The third-order valence-electron chi connectivity index (χ3n) is 5.08. The molecule has 0 N–H and O–H groups in total. The van der Waals surface area contributed by atoms with E-state index in [0.29, 0.717) is 12.2 Å². The monoisotopic (exact) mass is 504 g/mol. The van der Waals surface area contributed by atoms with Gasteiger partial charge in [0.15, 0.2) is 0 Å². The van der Waals surface area contributed by atoms with Crippen LogP contribution in [0.4, 0.5) is 0 Å². The molecule has 0 bridgehead atoms. The summed E-state index contributed by atoms with van der Waals surface area (Å²) in [5, 5.41) is 0. The standard InChI is InChI=1S/C25H28O7S2/c1-20-8-12-24(13-9-20)33(26,27)31-18-22(16-17-30-23-6-4-3-5-7-23)19-32-34(28,29)25-14-10-21(2)11-15-25/h3-15,22H,16-19H2,1-2H3. The summed E-state index contributed by atoms with van der Waals surface area (Å²) < 4.78 is 66.5. The zero-order valence-electron chi connectivity index (χ0n) is 19.1. The van der Waals surface area contributed by atoms with Crippen molar-refractivity contribution in [1.82, 2.24) is 0 Å². The predicted molar refractivity (Wildman–Crippen MR) is 129 cm³/mol. The highest BCUT2D eigenvalue weighted by Gasteiger charge is 2.22. The van der Waals surface area contributed by atoms with Crippen LogP contribution in [-0.2, 0) is 28.6 Å². The van der Waals surface area contributed by atoms with Crippen LogP contribution < -0.4 is 4.74 Å². The van der Waals surface area contributed by atoms with Crippen LogP contribution in [0.25, 0.3) is 0 Å². The zero-order chi connectivity index (χ0) is 24.6. The summed E-state index contributed by atoms with van der Waals surface area (Å²) in [6, 6.07) is 21.7. The van der Waals surface area contributed by atoms with Crippen LogP contribution in [-0.4, -0.2) is 36.7 Å². The molecule has 3 rings (SSSR count). The van der Waals surface area contributed by atoms with Crippen LogP contribution in [0.3, 0.4) is 0 Å². The van der Waals surface area contributed by atoms with Gasteiger partial charge in [-0.2, -0.15) is 16.8 Å². The normalized spacial score (nSPS) is 12.1. The third kappa shape index (κ3) is 7.66. The molecular formula is C25H28O7S2. The fraction of sp³-hybridized carbons (Fsp3) is 0.280. The topological polar surface area (TPSA) is 96.0 Å². The van der Waals surface area contributed by atoms with Crippen molar-refractivity contribution in [1.29, 1.82) is 0 Å². The Kier molecular flexibility index (Phi) is 8.84. The minimum Gasteiger partial charge on any atom is -0.494 e. The predicted octanol–water partition coefficient (Wildman–Crippen LogP) is 4.50. The maximum absolute atomic E-state index is 12.6. The smallest absolute Gasteiger partial charge is 0.296 e. The van der Waals surface area contributed by atoms with Crippen molar-refractivity contribution in [3.8, 4) is 5.75 Å². The molecule has 0 atom stereocenters. The molecular weight excluding hydrogens is 476 g/mol. The summed E-state index contributed by atoms with van der Waals surface area (Å²) in [6.45, 7) is 3.43. The van der Waals surface area contributed by atoms with Gasteiger partial charge in [0.2, 0.25) is 0 Å². The highest BCUT2D eigenvalue weighted by atomic mass is 32.2. The van der Waals surface area contributed by atoms with Gasteiger partial charge in [-0.25, -0.2) is 0 Å². The Bertz CT molecular complexity index is 1170. The molecule has 0 aliphatic rings. The summed E-state index contributed by atoms with van der Waals surface area (Å²) >= 11 is 0. The van der Waals surface area contributed by atoms with Gasteiger partial charge >= 0.3 is 0 Å². The Morgan fingerprint density at radius 1 is 0.647 bits per heavy atom. The van der Waals surface area contributed by atoms with Crippen LogP contribution in [0.1, 0.15) is 17.5 Å². The van der Waals surface area contributed by atoms with Crippen molar-refractivity contribution >= 4 is 20.2 Å². The highest BCUT2D eigenvalue weighted by Crippen LogP contribution is 2.19. The number of hydrogen-bond acceptors (Lipinski definition) is 7. The van der Waals surface area contributed by atoms with Gasteiger partial charge in [-0.05, 0) is 56.7 Å². The van der Waals surface area contributed by atoms with Gasteiger partial charge < -0.3 is 4.74 Å². The van der Waals surface area contributed by atoms with Gasteiger partial charge in [-0.1, -0.05) is 53.6 Å². The summed E-state index contributed by atoms with van der Waals surface area (Å²) in [6.07, 6.45) is 0.321. The molecule has 0 aliphatic carbocycles. The molecule has 0 fully saturated rings. The number of aryl methyl sites for hydroxylation is 2. The van der Waals surface area contributed by atoms with Crippen LogP contribution in [0.5, 0.6) is 5.75 Å². The van der Waals surface area contributed by atoms with Crippen molar-refractivity contribution in [3.63, 3.8) is 0 Å². The summed E-state index contributed by atoms with van der Waals surface area (Å²) in [5.41, 5.74) is 1.84. The van der Waals surface area contributed by atoms with Gasteiger partial charge in [0.25, 0.3) is 20.2 Å². The molecule has 0 spiro atoms. The van der Waals surface area contributed by atoms with Gasteiger partial charge in [-0.3, -0.25) is 8.37 Å². The van der Waals surface area contributed by atoms with Crippen LogP contribution in [0.2, 0.25) is 0 Å². The molecule has 0 aromatic heterocycles. The van der Waals surface area contributed by atoms with E-state index in [1.807, 2.05) is 32.0 Å². The molecule has 0 radical (unpaired) electrons. The molecule has 0 saturated heterocycles. The second-order valence-corrected chi connectivity index (χ2v) is 11.2. The largest absolute Gasteiger partial charge is 0.494 e. The van der Waals surface area contributed by atoms with Crippen molar-refractivity contribution in [2.45, 2.75) is 30.1 Å². The lowest BCUT2D eigenvalue weighted by atomic mass is 10.1. The lowest BCUT2D eigenvalue weighted by molar-refractivity contribution is 0.157. The quantitative estimate of drug-likeness (QED) is 0.335. The van der Waals surface area contributed by atoms with Gasteiger partial charge in [0.05, 0.1) is 29.6 Å². The molecule has 9 heteroatoms. The Balaban J connectivity index is 1.66. The van der Waals surface area contributed by atoms with Gasteiger partial charge in [0, 0.05) is 5.92 Å². The first kappa shape index (κ1) is 25.9. The Morgan fingerprint density at radius 2 is 1.09 bits per heavy atom. The third-order valence-corrected chi connectivity index (χ3v) is 7.67. The van der Waals surface area contributed by atoms with E-state index in [0.717, 1.165) is 11.1 Å². The van der Waals surface area contributed by atoms with E-state index in [2.05, 4.69) is 0 Å². The molecule has 3 aromatic carbocycles. The molecule has 0 aliphatic heterocycles. The van der Waals surface area contributed by atoms with E-state index in [4.69, 9.17) is 13.1 Å². The highest BCUT2D eigenvalue weighted by molar-refractivity contribution is 7.87. The molecule has 34 heavy (non-hydrogen) atoms.